The van der Waals surface area contributed by atoms with Crippen LogP contribution in [0.1, 0.15) is 16.7 Å². The molecule has 0 aliphatic rings. The van der Waals surface area contributed by atoms with Crippen molar-refractivity contribution in [2.24, 2.45) is 0 Å². The molecule has 0 aliphatic heterocycles. The minimum Gasteiger partial charge on any atom is -0.376 e. The molecule has 156 valence electrons. The maximum atomic E-state index is 13.7. The molecule has 3 aromatic rings. The van der Waals surface area contributed by atoms with Gasteiger partial charge in [0.15, 0.2) is 0 Å². The Morgan fingerprint density at radius 1 is 1.13 bits per heavy atom. The molecule has 6 nitrogen and oxygen atoms in total. The van der Waals surface area contributed by atoms with Gasteiger partial charge in [0, 0.05) is 11.1 Å². The first kappa shape index (κ1) is 21.4. The summed E-state index contributed by atoms with van der Waals surface area (Å²) in [5.41, 5.74) is 1.83. The Labute approximate surface area is 174 Å². The van der Waals surface area contributed by atoms with Crippen LogP contribution in [-0.4, -0.2) is 24.5 Å². The molecule has 0 bridgehead atoms. The minimum absolute atomic E-state index is 0.0985. The summed E-state index contributed by atoms with van der Waals surface area (Å²) in [7, 11) is -3.94. The summed E-state index contributed by atoms with van der Waals surface area (Å²) < 4.78 is 43.2. The van der Waals surface area contributed by atoms with E-state index in [2.05, 4.69) is 5.10 Å². The van der Waals surface area contributed by atoms with E-state index < -0.39 is 15.7 Å². The lowest BCUT2D eigenvalue weighted by atomic mass is 10.0. The van der Waals surface area contributed by atoms with E-state index in [0.717, 1.165) is 16.5 Å². The number of aromatic nitrogens is 2. The standard InChI is InChI=1S/C22H21FN2O4S/c1-15-14-18(11-12-19(15)23)20-16(2)21(29-30(3,27)28)22(26)25(24-20)13-7-10-17-8-5-4-6-9-17/h4-12,14H,13H2,1-3H3. The molecule has 0 atom stereocenters. The number of aryl methyl sites for hydroxylation is 1. The molecule has 0 spiro atoms. The molecule has 3 rings (SSSR count). The summed E-state index contributed by atoms with van der Waals surface area (Å²) in [4.78, 5) is 12.8. The molecular formula is C22H21FN2O4S. The zero-order chi connectivity index (χ0) is 21.9. The van der Waals surface area contributed by atoms with Gasteiger partial charge < -0.3 is 4.18 Å². The van der Waals surface area contributed by atoms with Crippen LogP contribution < -0.4 is 9.74 Å². The molecule has 0 N–H and O–H groups in total. The molecule has 0 aliphatic carbocycles. The molecule has 0 amide bonds. The number of hydrogen-bond donors (Lipinski definition) is 0. The normalized spacial score (nSPS) is 11.7. The fourth-order valence-corrected chi connectivity index (χ4v) is 3.42. The van der Waals surface area contributed by atoms with Gasteiger partial charge in [-0.3, -0.25) is 4.79 Å². The molecule has 2 aromatic carbocycles. The quantitative estimate of drug-likeness (QED) is 0.559. The van der Waals surface area contributed by atoms with Gasteiger partial charge in [0.25, 0.3) is 0 Å². The number of allylic oxidation sites excluding steroid dienone is 1. The SMILES string of the molecule is Cc1cc(-c2nn(CC=Cc3ccccc3)c(=O)c(OS(C)(=O)=O)c2C)ccc1F. The Morgan fingerprint density at radius 2 is 1.83 bits per heavy atom. The van der Waals surface area contributed by atoms with Gasteiger partial charge in [0.1, 0.15) is 5.82 Å². The van der Waals surface area contributed by atoms with Crippen LogP contribution in [-0.2, 0) is 16.7 Å². The van der Waals surface area contributed by atoms with Gasteiger partial charge in [-0.1, -0.05) is 42.5 Å². The van der Waals surface area contributed by atoms with Crippen LogP contribution in [0.2, 0.25) is 0 Å². The summed E-state index contributed by atoms with van der Waals surface area (Å²) in [5, 5.41) is 4.39. The number of benzene rings is 2. The van der Waals surface area contributed by atoms with Crippen molar-refractivity contribution in [3.63, 3.8) is 0 Å². The zero-order valence-corrected chi connectivity index (χ0v) is 17.6. The Morgan fingerprint density at radius 3 is 2.47 bits per heavy atom. The van der Waals surface area contributed by atoms with Gasteiger partial charge in [-0.05, 0) is 43.2 Å². The molecular weight excluding hydrogens is 407 g/mol. The van der Waals surface area contributed by atoms with Crippen molar-refractivity contribution < 1.29 is 17.0 Å². The largest absolute Gasteiger partial charge is 0.376 e. The fourth-order valence-electron chi connectivity index (χ4n) is 2.92. The van der Waals surface area contributed by atoms with Crippen molar-refractivity contribution in [3.05, 3.63) is 87.5 Å². The number of hydrogen-bond acceptors (Lipinski definition) is 5. The van der Waals surface area contributed by atoms with Crippen molar-refractivity contribution in [1.29, 1.82) is 0 Å². The molecule has 8 heteroatoms. The van der Waals surface area contributed by atoms with Crippen LogP contribution in [0.5, 0.6) is 5.75 Å². The number of halogens is 1. The molecule has 0 radical (unpaired) electrons. The number of rotatable bonds is 6. The van der Waals surface area contributed by atoms with E-state index in [1.165, 1.54) is 12.1 Å². The lowest BCUT2D eigenvalue weighted by molar-refractivity contribution is 0.477. The van der Waals surface area contributed by atoms with Gasteiger partial charge in [-0.15, -0.1) is 0 Å². The van der Waals surface area contributed by atoms with E-state index in [1.54, 1.807) is 26.0 Å². The maximum Gasteiger partial charge on any atom is 0.311 e. The van der Waals surface area contributed by atoms with Crippen LogP contribution in [0.25, 0.3) is 17.3 Å². The second-order valence-electron chi connectivity index (χ2n) is 6.85. The molecule has 1 heterocycles. The Kier molecular flexibility index (Phi) is 6.17. The number of nitrogens with zero attached hydrogens (tertiary/aromatic N) is 2. The van der Waals surface area contributed by atoms with E-state index >= 15 is 0 Å². The maximum absolute atomic E-state index is 13.7. The Balaban J connectivity index is 2.11. The van der Waals surface area contributed by atoms with Crippen molar-refractivity contribution >= 4 is 16.2 Å². The first-order valence-corrected chi connectivity index (χ1v) is 11.0. The predicted octanol–water partition coefficient (Wildman–Crippen LogP) is 3.72. The van der Waals surface area contributed by atoms with Gasteiger partial charge in [-0.2, -0.15) is 13.5 Å². The summed E-state index contributed by atoms with van der Waals surface area (Å²) in [6, 6.07) is 13.9. The Bertz CT molecular complexity index is 1270. The average molecular weight is 428 g/mol. The lowest BCUT2D eigenvalue weighted by Gasteiger charge is -2.14. The molecule has 0 unspecified atom stereocenters. The van der Waals surface area contributed by atoms with Gasteiger partial charge in [0.05, 0.1) is 18.5 Å². The lowest BCUT2D eigenvalue weighted by Crippen LogP contribution is -2.27. The van der Waals surface area contributed by atoms with E-state index in [4.69, 9.17) is 4.18 Å². The van der Waals surface area contributed by atoms with E-state index in [-0.39, 0.29) is 23.7 Å². The first-order valence-electron chi connectivity index (χ1n) is 9.15. The van der Waals surface area contributed by atoms with Crippen LogP contribution >= 0.6 is 0 Å². The van der Waals surface area contributed by atoms with Crippen LogP contribution in [0.4, 0.5) is 4.39 Å². The molecule has 0 fully saturated rings. The zero-order valence-electron chi connectivity index (χ0n) is 16.8. The second-order valence-corrected chi connectivity index (χ2v) is 8.43. The monoisotopic (exact) mass is 428 g/mol. The molecule has 0 saturated heterocycles. The highest BCUT2D eigenvalue weighted by atomic mass is 32.2. The van der Waals surface area contributed by atoms with Gasteiger partial charge in [0.2, 0.25) is 5.75 Å². The topological polar surface area (TPSA) is 78.3 Å². The highest BCUT2D eigenvalue weighted by molar-refractivity contribution is 7.86. The summed E-state index contributed by atoms with van der Waals surface area (Å²) in [5.74, 6) is -0.694. The summed E-state index contributed by atoms with van der Waals surface area (Å²) in [6.45, 7) is 3.26. The minimum atomic E-state index is -3.94. The third-order valence-electron chi connectivity index (χ3n) is 4.40. The van der Waals surface area contributed by atoms with Crippen molar-refractivity contribution in [2.75, 3.05) is 6.26 Å². The van der Waals surface area contributed by atoms with Crippen molar-refractivity contribution in [3.8, 4) is 17.0 Å². The van der Waals surface area contributed by atoms with Crippen LogP contribution in [0.15, 0.2) is 59.4 Å². The highest BCUT2D eigenvalue weighted by Gasteiger charge is 2.20. The van der Waals surface area contributed by atoms with E-state index in [9.17, 15) is 17.6 Å². The predicted molar refractivity (Wildman–Crippen MR) is 114 cm³/mol. The van der Waals surface area contributed by atoms with E-state index in [0.29, 0.717) is 16.8 Å². The van der Waals surface area contributed by atoms with Crippen molar-refractivity contribution in [1.82, 2.24) is 9.78 Å². The third kappa shape index (κ3) is 5.01. The first-order chi connectivity index (χ1) is 14.2. The van der Waals surface area contributed by atoms with Crippen LogP contribution in [0.3, 0.4) is 0 Å². The Hall–Kier alpha value is -3.26. The highest BCUT2D eigenvalue weighted by Crippen LogP contribution is 2.27. The second kappa shape index (κ2) is 8.62. The summed E-state index contributed by atoms with van der Waals surface area (Å²) >= 11 is 0. The smallest absolute Gasteiger partial charge is 0.311 e. The van der Waals surface area contributed by atoms with Gasteiger partial charge in [-0.25, -0.2) is 9.07 Å². The van der Waals surface area contributed by atoms with Crippen LogP contribution in [0, 0.1) is 19.7 Å². The van der Waals surface area contributed by atoms with E-state index in [1.807, 2.05) is 36.4 Å². The average Bonchev–Trinajstić information content (AvgIpc) is 2.69. The summed E-state index contributed by atoms with van der Waals surface area (Å²) in [6.07, 6.45) is 4.43. The van der Waals surface area contributed by atoms with Gasteiger partial charge >= 0.3 is 15.7 Å². The fraction of sp³-hybridized carbons (Fsp3) is 0.182. The molecule has 1 aromatic heterocycles. The molecule has 30 heavy (non-hydrogen) atoms. The molecule has 0 saturated carbocycles. The third-order valence-corrected chi connectivity index (χ3v) is 4.87. The van der Waals surface area contributed by atoms with Crippen molar-refractivity contribution in [2.45, 2.75) is 20.4 Å².